The van der Waals surface area contributed by atoms with Gasteiger partial charge in [0, 0.05) is 24.2 Å². The van der Waals surface area contributed by atoms with E-state index < -0.39 is 19.4 Å². The molecule has 0 atom stereocenters. The number of hydrogen-bond donors (Lipinski definition) is 0. The van der Waals surface area contributed by atoms with Gasteiger partial charge in [-0.25, -0.2) is 14.2 Å². The van der Waals surface area contributed by atoms with Crippen LogP contribution in [0.25, 0.3) is 10.9 Å². The monoisotopic (exact) mass is 522 g/mol. The average Bonchev–Trinajstić information content (AvgIpc) is 3.47. The van der Waals surface area contributed by atoms with Crippen molar-refractivity contribution in [1.82, 2.24) is 9.24 Å². The third-order valence-electron chi connectivity index (χ3n) is 5.56. The maximum Gasteiger partial charge on any atom is 0.519 e. The first-order valence-corrected chi connectivity index (χ1v) is 12.5. The molecule has 0 amide bonds. The lowest BCUT2D eigenvalue weighted by atomic mass is 10.1. The highest BCUT2D eigenvalue weighted by molar-refractivity contribution is 7.52. The van der Waals surface area contributed by atoms with Crippen LogP contribution in [-0.2, 0) is 33.2 Å². The van der Waals surface area contributed by atoms with Gasteiger partial charge in [-0.1, -0.05) is 0 Å². The molecule has 0 bridgehead atoms. The first-order valence-electron chi connectivity index (χ1n) is 11.0. The number of benzene rings is 1. The highest BCUT2D eigenvalue weighted by atomic mass is 31.2. The van der Waals surface area contributed by atoms with Gasteiger partial charge in [-0.05, 0) is 52.1 Å². The quantitative estimate of drug-likeness (QED) is 0.265. The van der Waals surface area contributed by atoms with E-state index in [0.717, 1.165) is 17.5 Å². The molecule has 0 saturated heterocycles. The van der Waals surface area contributed by atoms with Crippen LogP contribution in [0.2, 0.25) is 0 Å². The third-order valence-corrected chi connectivity index (χ3v) is 7.33. The molecule has 194 valence electrons. The maximum atomic E-state index is 14.3. The Balaban J connectivity index is 1.78. The summed E-state index contributed by atoms with van der Waals surface area (Å²) in [6, 6.07) is 5.41. The molecule has 0 N–H and O–H groups in total. The van der Waals surface area contributed by atoms with Crippen molar-refractivity contribution in [1.29, 1.82) is 0 Å². The summed E-state index contributed by atoms with van der Waals surface area (Å²) in [6.07, 6.45) is 2.36. The highest BCUT2D eigenvalue weighted by Gasteiger charge is 2.33. The van der Waals surface area contributed by atoms with Crippen LogP contribution < -0.4 is 16.4 Å². The van der Waals surface area contributed by atoms with Crippen LogP contribution in [0, 0.1) is 13.8 Å². The normalized spacial score (nSPS) is 12.2. The van der Waals surface area contributed by atoms with Crippen molar-refractivity contribution in [2.24, 2.45) is 0 Å². The molecule has 0 aliphatic carbocycles. The number of likely N-dealkylation sites (N-methyl/N-ethyl adjacent to an activating group) is 1. The van der Waals surface area contributed by atoms with Crippen LogP contribution in [0.1, 0.15) is 28.6 Å². The number of ether oxygens (including phenoxy) is 1. The van der Waals surface area contributed by atoms with Crippen molar-refractivity contribution in [3.05, 3.63) is 74.2 Å². The lowest BCUT2D eigenvalue weighted by molar-refractivity contribution is 0.163. The smallest absolute Gasteiger partial charge is 0.497 e. The molecular weight excluding hydrogens is 495 g/mol. The van der Waals surface area contributed by atoms with Crippen LogP contribution >= 0.6 is 7.75 Å². The Morgan fingerprint density at radius 2 is 1.53 bits per heavy atom. The zero-order chi connectivity index (χ0) is 26.0. The van der Waals surface area contributed by atoms with Crippen molar-refractivity contribution >= 4 is 18.6 Å². The van der Waals surface area contributed by atoms with Crippen LogP contribution in [0.4, 0.5) is 0 Å². The zero-order valence-corrected chi connectivity index (χ0v) is 21.5. The summed E-state index contributed by atoms with van der Waals surface area (Å²) >= 11 is 0. The number of rotatable bonds is 11. The van der Waals surface area contributed by atoms with Gasteiger partial charge in [0.05, 0.1) is 12.6 Å². The summed E-state index contributed by atoms with van der Waals surface area (Å²) in [5.74, 6) is -0.753. The second kappa shape index (κ2) is 10.4. The number of methoxy groups -OCH3 is 1. The Morgan fingerprint density at radius 3 is 2.00 bits per heavy atom. The molecule has 36 heavy (non-hydrogen) atoms. The number of aryl methyl sites for hydroxylation is 2. The summed E-state index contributed by atoms with van der Waals surface area (Å²) in [4.78, 5) is 25.0. The van der Waals surface area contributed by atoms with Crippen molar-refractivity contribution in [2.45, 2.75) is 33.5 Å². The van der Waals surface area contributed by atoms with Gasteiger partial charge in [0.1, 0.15) is 30.5 Å². The van der Waals surface area contributed by atoms with Crippen molar-refractivity contribution in [2.75, 3.05) is 27.7 Å². The van der Waals surface area contributed by atoms with Gasteiger partial charge < -0.3 is 27.3 Å². The fourth-order valence-corrected chi connectivity index (χ4v) is 5.18. The van der Waals surface area contributed by atoms with Crippen molar-refractivity contribution in [3.63, 3.8) is 0 Å². The minimum Gasteiger partial charge on any atom is -0.497 e. The molecule has 4 rings (SSSR count). The maximum absolute atomic E-state index is 14.3. The van der Waals surface area contributed by atoms with Crippen LogP contribution in [-0.4, -0.2) is 37.0 Å². The van der Waals surface area contributed by atoms with Gasteiger partial charge in [-0.2, -0.15) is 0 Å². The first kappa shape index (κ1) is 25.8. The highest BCUT2D eigenvalue weighted by Crippen LogP contribution is 2.54. The fraction of sp³-hybridized carbons (Fsp3) is 0.391. The van der Waals surface area contributed by atoms with Gasteiger partial charge in [-0.15, -0.1) is 0 Å². The molecule has 0 aliphatic rings. The van der Waals surface area contributed by atoms with E-state index in [2.05, 4.69) is 0 Å². The minimum atomic E-state index is -4.19. The molecular formula is C23H27N2O10P. The van der Waals surface area contributed by atoms with Gasteiger partial charge in [0.2, 0.25) is 0 Å². The van der Waals surface area contributed by atoms with E-state index in [1.807, 2.05) is 31.1 Å². The summed E-state index contributed by atoms with van der Waals surface area (Å²) < 4.78 is 52.4. The lowest BCUT2D eigenvalue weighted by Crippen LogP contribution is -2.14. The van der Waals surface area contributed by atoms with Crippen LogP contribution in [0.3, 0.4) is 0 Å². The Bertz CT molecular complexity index is 1460. The molecule has 3 heterocycles. The Labute approximate surface area is 205 Å². The first-order chi connectivity index (χ1) is 17.1. The van der Waals surface area contributed by atoms with E-state index in [4.69, 9.17) is 31.5 Å². The summed E-state index contributed by atoms with van der Waals surface area (Å²) in [5, 5.41) is 0.835. The van der Waals surface area contributed by atoms with Gasteiger partial charge in [0.15, 0.2) is 11.5 Å². The largest absolute Gasteiger partial charge is 0.519 e. The van der Waals surface area contributed by atoms with Crippen LogP contribution in [0.5, 0.6) is 5.75 Å². The molecule has 0 radical (unpaired) electrons. The summed E-state index contributed by atoms with van der Waals surface area (Å²) in [5.41, 5.74) is 1.45. The van der Waals surface area contributed by atoms with E-state index in [1.165, 1.54) is 25.3 Å². The predicted octanol–water partition coefficient (Wildman–Crippen LogP) is 3.85. The fourth-order valence-electron chi connectivity index (χ4n) is 3.59. The molecule has 0 unspecified atom stereocenters. The Hall–Kier alpha value is -3.31. The number of aromatic nitrogens is 1. The molecule has 3 aromatic heterocycles. The van der Waals surface area contributed by atoms with Gasteiger partial charge in [0.25, 0.3) is 0 Å². The van der Waals surface area contributed by atoms with Gasteiger partial charge >= 0.3 is 19.4 Å². The van der Waals surface area contributed by atoms with Gasteiger partial charge in [-0.3, -0.25) is 13.4 Å². The number of hydrogen-bond acceptors (Lipinski definition) is 11. The third kappa shape index (κ3) is 5.41. The Morgan fingerprint density at radius 1 is 0.944 bits per heavy atom. The van der Waals surface area contributed by atoms with E-state index in [-0.39, 0.29) is 36.3 Å². The molecule has 1 aromatic carbocycles. The van der Waals surface area contributed by atoms with E-state index >= 15 is 0 Å². The van der Waals surface area contributed by atoms with E-state index in [0.29, 0.717) is 17.7 Å². The second-order valence-electron chi connectivity index (χ2n) is 8.32. The van der Waals surface area contributed by atoms with E-state index in [1.54, 1.807) is 12.3 Å². The molecule has 0 aliphatic heterocycles. The summed E-state index contributed by atoms with van der Waals surface area (Å²) in [6.45, 7) is 3.04. The molecule has 0 spiro atoms. The second-order valence-corrected chi connectivity index (χ2v) is 10.2. The molecule has 0 fully saturated rings. The summed E-state index contributed by atoms with van der Waals surface area (Å²) in [7, 11) is 1.26. The zero-order valence-electron chi connectivity index (χ0n) is 20.6. The standard InChI is InChI=1S/C23H27N2O10P/c1-14-20(34-22(26)32-14)12-30-36(28,31-13-21-15(2)33-23(27)35-21)25-11-16(8-9-24(3)4)18-7-6-17(29-5)10-19(18)25/h6-7,10-11H,8-9,12-13H2,1-5H3. The predicted molar refractivity (Wildman–Crippen MR) is 127 cm³/mol. The molecule has 4 aromatic rings. The average molecular weight is 522 g/mol. The van der Waals surface area contributed by atoms with Crippen molar-refractivity contribution < 1.29 is 36.0 Å². The lowest BCUT2D eigenvalue weighted by Gasteiger charge is -2.19. The molecule has 12 nitrogen and oxygen atoms in total. The van der Waals surface area contributed by atoms with Crippen molar-refractivity contribution in [3.8, 4) is 5.75 Å². The Kier molecular flexibility index (Phi) is 7.41. The minimum absolute atomic E-state index is 0.0664. The van der Waals surface area contributed by atoms with E-state index in [9.17, 15) is 14.2 Å². The number of fused-ring (bicyclic) bond motifs is 1. The number of nitrogens with zero attached hydrogens (tertiary/aromatic N) is 2. The molecule has 13 heteroatoms. The van der Waals surface area contributed by atoms with Crippen LogP contribution in [0.15, 0.2) is 51.7 Å². The SMILES string of the molecule is COc1ccc2c(CCN(C)C)cn(P(=O)(OCc3oc(=O)oc3C)OCc3oc(=O)oc3C)c2c1. The topological polar surface area (TPSA) is 140 Å². The molecule has 0 saturated carbocycles.